The van der Waals surface area contributed by atoms with Crippen LogP contribution in [-0.4, -0.2) is 19.6 Å². The van der Waals surface area contributed by atoms with E-state index in [1.54, 1.807) is 6.92 Å². The average molecular weight is 232 g/mol. The summed E-state index contributed by atoms with van der Waals surface area (Å²) in [7, 11) is 0. The van der Waals surface area contributed by atoms with Crippen LogP contribution in [-0.2, 0) is 12.6 Å². The number of aromatic nitrogens is 4. The molecule has 2 aromatic heterocycles. The molecule has 2 heterocycles. The van der Waals surface area contributed by atoms with Crippen molar-refractivity contribution in [2.75, 3.05) is 0 Å². The lowest BCUT2D eigenvalue weighted by molar-refractivity contribution is -0.144. The summed E-state index contributed by atoms with van der Waals surface area (Å²) in [5, 5.41) is 1.86. The second-order valence-corrected chi connectivity index (χ2v) is 3.14. The number of aryl methyl sites for hydroxylation is 1. The van der Waals surface area contributed by atoms with Crippen molar-refractivity contribution in [1.82, 2.24) is 19.6 Å². The second-order valence-electron chi connectivity index (χ2n) is 3.14. The molecule has 2 rings (SSSR count). The highest BCUT2D eigenvalue weighted by atomic mass is 19.4. The fourth-order valence-corrected chi connectivity index (χ4v) is 1.24. The molecule has 0 saturated heterocycles. The van der Waals surface area contributed by atoms with Crippen molar-refractivity contribution in [3.8, 4) is 0 Å². The zero-order chi connectivity index (χ0) is 11.9. The maximum atomic E-state index is 12.3. The fraction of sp³-hybridized carbons (Fsp3) is 0.375. The van der Waals surface area contributed by atoms with E-state index in [2.05, 4.69) is 9.97 Å². The average Bonchev–Trinajstić information content (AvgIpc) is 2.61. The molecule has 0 bridgehead atoms. The zero-order valence-corrected chi connectivity index (χ0v) is 8.17. The molecule has 0 spiro atoms. The first-order chi connectivity index (χ1) is 7.41. The molecule has 0 aliphatic carbocycles. The van der Waals surface area contributed by atoms with Gasteiger partial charge in [-0.1, -0.05) is 6.92 Å². The molecule has 1 N–H and O–H groups in total. The number of aromatic amines is 1. The number of rotatable bonds is 1. The van der Waals surface area contributed by atoms with E-state index in [1.807, 2.05) is 5.10 Å². The summed E-state index contributed by atoms with van der Waals surface area (Å²) in [6.45, 7) is 1.75. The van der Waals surface area contributed by atoms with Crippen LogP contribution >= 0.6 is 0 Å². The normalized spacial score (nSPS) is 12.2. The number of nitrogens with one attached hydrogen (secondary N) is 1. The molecule has 0 atom stereocenters. The monoisotopic (exact) mass is 232 g/mol. The third-order valence-corrected chi connectivity index (χ3v) is 2.01. The molecule has 0 radical (unpaired) electrons. The van der Waals surface area contributed by atoms with Crippen LogP contribution in [0, 0.1) is 0 Å². The van der Waals surface area contributed by atoms with Crippen LogP contribution in [0.25, 0.3) is 5.78 Å². The van der Waals surface area contributed by atoms with Crippen molar-refractivity contribution in [2.45, 2.75) is 19.5 Å². The molecule has 2 aromatic rings. The largest absolute Gasteiger partial charge is 0.451 e. The molecule has 0 saturated carbocycles. The number of H-pyrrole nitrogens is 1. The third-order valence-electron chi connectivity index (χ3n) is 2.01. The Morgan fingerprint density at radius 1 is 1.44 bits per heavy atom. The lowest BCUT2D eigenvalue weighted by atomic mass is 10.3. The van der Waals surface area contributed by atoms with Crippen LogP contribution in [0.5, 0.6) is 0 Å². The SMILES string of the molecule is CCc1cc(=O)n2[nH]c(C(F)(F)F)nc2n1. The number of alkyl halides is 3. The molecule has 0 amide bonds. The van der Waals surface area contributed by atoms with Gasteiger partial charge in [-0.2, -0.15) is 22.7 Å². The Bertz CT molecular complexity index is 583. The van der Waals surface area contributed by atoms with Gasteiger partial charge in [0.15, 0.2) is 0 Å². The lowest BCUT2D eigenvalue weighted by Gasteiger charge is -1.98. The molecule has 0 unspecified atom stereocenters. The lowest BCUT2D eigenvalue weighted by Crippen LogP contribution is -2.16. The fourth-order valence-electron chi connectivity index (χ4n) is 1.24. The number of halogens is 3. The van der Waals surface area contributed by atoms with Gasteiger partial charge >= 0.3 is 6.18 Å². The Morgan fingerprint density at radius 3 is 2.69 bits per heavy atom. The van der Waals surface area contributed by atoms with Gasteiger partial charge in [0.05, 0.1) is 0 Å². The highest BCUT2D eigenvalue weighted by Crippen LogP contribution is 2.25. The quantitative estimate of drug-likeness (QED) is 0.797. The van der Waals surface area contributed by atoms with E-state index in [4.69, 9.17) is 0 Å². The van der Waals surface area contributed by atoms with E-state index in [-0.39, 0.29) is 5.78 Å². The zero-order valence-electron chi connectivity index (χ0n) is 8.17. The van der Waals surface area contributed by atoms with Crippen LogP contribution in [0.1, 0.15) is 18.4 Å². The number of hydrogen-bond acceptors (Lipinski definition) is 3. The molecule has 0 fully saturated rings. The van der Waals surface area contributed by atoms with Gasteiger partial charge in [-0.25, -0.2) is 4.98 Å². The van der Waals surface area contributed by atoms with Crippen LogP contribution < -0.4 is 5.56 Å². The van der Waals surface area contributed by atoms with Crippen molar-refractivity contribution < 1.29 is 13.2 Å². The van der Waals surface area contributed by atoms with Gasteiger partial charge in [0.25, 0.3) is 11.3 Å². The van der Waals surface area contributed by atoms with E-state index < -0.39 is 17.6 Å². The highest BCUT2D eigenvalue weighted by Gasteiger charge is 2.35. The number of nitrogens with zero attached hydrogens (tertiary/aromatic N) is 3. The van der Waals surface area contributed by atoms with E-state index in [9.17, 15) is 18.0 Å². The standard InChI is InChI=1S/C8H7F3N4O/c1-2-4-3-5(16)15-7(12-4)13-6(14-15)8(9,10)11/h3H,2H2,1H3,(H,12,13,14). The Labute approximate surface area is 86.9 Å². The van der Waals surface area contributed by atoms with Crippen molar-refractivity contribution >= 4 is 5.78 Å². The van der Waals surface area contributed by atoms with Crippen molar-refractivity contribution in [1.29, 1.82) is 0 Å². The second kappa shape index (κ2) is 3.32. The Morgan fingerprint density at radius 2 is 2.12 bits per heavy atom. The van der Waals surface area contributed by atoms with Crippen molar-refractivity contribution in [3.05, 3.63) is 27.9 Å². The molecule has 0 aliphatic rings. The topological polar surface area (TPSA) is 63.0 Å². The number of hydrogen-bond donors (Lipinski definition) is 1. The van der Waals surface area contributed by atoms with Gasteiger partial charge in [0.2, 0.25) is 5.82 Å². The first-order valence-corrected chi connectivity index (χ1v) is 4.47. The van der Waals surface area contributed by atoms with Crippen molar-refractivity contribution in [3.63, 3.8) is 0 Å². The molecule has 8 heteroatoms. The van der Waals surface area contributed by atoms with Crippen LogP contribution in [0.4, 0.5) is 13.2 Å². The summed E-state index contributed by atoms with van der Waals surface area (Å²) in [6, 6.07) is 1.17. The van der Waals surface area contributed by atoms with Gasteiger partial charge in [0, 0.05) is 11.8 Å². The summed E-state index contributed by atoms with van der Waals surface area (Å²) in [4.78, 5) is 18.4. The summed E-state index contributed by atoms with van der Waals surface area (Å²) in [6.07, 6.45) is -4.16. The smallest absolute Gasteiger partial charge is 0.267 e. The molecule has 86 valence electrons. The van der Waals surface area contributed by atoms with Gasteiger partial charge in [-0.3, -0.25) is 9.89 Å². The minimum atomic E-state index is -4.62. The minimum Gasteiger partial charge on any atom is -0.267 e. The molecular weight excluding hydrogens is 225 g/mol. The van der Waals surface area contributed by atoms with E-state index in [0.29, 0.717) is 16.6 Å². The van der Waals surface area contributed by atoms with Crippen LogP contribution in [0.3, 0.4) is 0 Å². The maximum absolute atomic E-state index is 12.3. The maximum Gasteiger partial charge on any atom is 0.451 e. The first-order valence-electron chi connectivity index (χ1n) is 4.47. The Kier molecular flexibility index (Phi) is 2.21. The predicted molar refractivity (Wildman–Crippen MR) is 48.0 cm³/mol. The van der Waals surface area contributed by atoms with Gasteiger partial charge < -0.3 is 0 Å². The molecule has 0 aromatic carbocycles. The molecule has 5 nitrogen and oxygen atoms in total. The van der Waals surface area contributed by atoms with Crippen molar-refractivity contribution in [2.24, 2.45) is 0 Å². The molecule has 16 heavy (non-hydrogen) atoms. The summed E-state index contributed by atoms with van der Waals surface area (Å²) < 4.78 is 37.6. The third kappa shape index (κ3) is 1.66. The first kappa shape index (κ1) is 10.7. The van der Waals surface area contributed by atoms with E-state index >= 15 is 0 Å². The van der Waals surface area contributed by atoms with Gasteiger partial charge in [-0.15, -0.1) is 0 Å². The van der Waals surface area contributed by atoms with E-state index in [1.165, 1.54) is 6.07 Å². The summed E-state index contributed by atoms with van der Waals surface area (Å²) in [5.74, 6) is -1.50. The number of fused-ring (bicyclic) bond motifs is 1. The van der Waals surface area contributed by atoms with Crippen LogP contribution in [0.2, 0.25) is 0 Å². The molecular formula is C8H7F3N4O. The van der Waals surface area contributed by atoms with Gasteiger partial charge in [0.1, 0.15) is 0 Å². The highest BCUT2D eigenvalue weighted by molar-refractivity contribution is 5.28. The predicted octanol–water partition coefficient (Wildman–Crippen LogP) is 0.999. The van der Waals surface area contributed by atoms with Gasteiger partial charge in [-0.05, 0) is 6.42 Å². The minimum absolute atomic E-state index is 0.267. The van der Waals surface area contributed by atoms with E-state index in [0.717, 1.165) is 0 Å². The summed E-state index contributed by atoms with van der Waals surface area (Å²) >= 11 is 0. The summed E-state index contributed by atoms with van der Waals surface area (Å²) in [5.41, 5.74) is -0.199. The van der Waals surface area contributed by atoms with Crippen LogP contribution in [0.15, 0.2) is 10.9 Å². The Hall–Kier alpha value is -1.86. The molecule has 0 aliphatic heterocycles. The Balaban J connectivity index is 2.71.